The van der Waals surface area contributed by atoms with E-state index in [0.29, 0.717) is 37.6 Å². The lowest BCUT2D eigenvalue weighted by Gasteiger charge is -2.31. The van der Waals surface area contributed by atoms with E-state index in [-0.39, 0.29) is 30.8 Å². The SMILES string of the molecule is CC[C@H](C(=O)NC(C)C)N(Cc1ccc(Cl)cc1Cl)C(=O)Cc1c(Cl)cccc1Cl. The normalized spacial score (nSPS) is 12.0. The predicted molar refractivity (Wildman–Crippen MR) is 125 cm³/mol. The van der Waals surface area contributed by atoms with Gasteiger partial charge in [-0.3, -0.25) is 9.59 Å². The maximum Gasteiger partial charge on any atom is 0.243 e. The number of amides is 2. The second-order valence-electron chi connectivity index (χ2n) is 7.22. The highest BCUT2D eigenvalue weighted by atomic mass is 35.5. The van der Waals surface area contributed by atoms with E-state index < -0.39 is 6.04 Å². The molecule has 0 aliphatic carbocycles. The van der Waals surface area contributed by atoms with Gasteiger partial charge >= 0.3 is 0 Å². The summed E-state index contributed by atoms with van der Waals surface area (Å²) in [7, 11) is 0. The second kappa shape index (κ2) is 11.2. The molecule has 0 aromatic heterocycles. The van der Waals surface area contributed by atoms with Crippen molar-refractivity contribution in [2.24, 2.45) is 0 Å². The Morgan fingerprint density at radius 3 is 2.17 bits per heavy atom. The molecular formula is C22H24Cl4N2O2. The fourth-order valence-electron chi connectivity index (χ4n) is 3.09. The molecule has 0 spiro atoms. The van der Waals surface area contributed by atoms with Crippen LogP contribution < -0.4 is 5.32 Å². The molecule has 0 heterocycles. The third kappa shape index (κ3) is 6.52. The molecule has 30 heavy (non-hydrogen) atoms. The van der Waals surface area contributed by atoms with Crippen molar-refractivity contribution < 1.29 is 9.59 Å². The molecule has 1 N–H and O–H groups in total. The van der Waals surface area contributed by atoms with E-state index in [1.165, 1.54) is 4.90 Å². The van der Waals surface area contributed by atoms with Crippen molar-refractivity contribution in [2.75, 3.05) is 0 Å². The maximum atomic E-state index is 13.3. The van der Waals surface area contributed by atoms with E-state index in [9.17, 15) is 9.59 Å². The number of carbonyl (C=O) groups is 2. The van der Waals surface area contributed by atoms with Gasteiger partial charge in [0.1, 0.15) is 6.04 Å². The van der Waals surface area contributed by atoms with Crippen LogP contribution in [0.1, 0.15) is 38.3 Å². The molecule has 2 rings (SSSR count). The highest BCUT2D eigenvalue weighted by molar-refractivity contribution is 6.36. The van der Waals surface area contributed by atoms with Crippen molar-refractivity contribution in [3.05, 3.63) is 67.6 Å². The summed E-state index contributed by atoms with van der Waals surface area (Å²) in [6.07, 6.45) is 0.404. The van der Waals surface area contributed by atoms with Crippen molar-refractivity contribution in [2.45, 2.75) is 52.2 Å². The van der Waals surface area contributed by atoms with Gasteiger partial charge < -0.3 is 10.2 Å². The summed E-state index contributed by atoms with van der Waals surface area (Å²) in [6.45, 7) is 5.75. The molecule has 2 aromatic rings. The molecule has 0 saturated carbocycles. The van der Waals surface area contributed by atoms with Crippen LogP contribution in [0.2, 0.25) is 20.1 Å². The fourth-order valence-corrected chi connectivity index (χ4v) is 4.09. The number of halogens is 4. The molecule has 0 aliphatic heterocycles. The Bertz CT molecular complexity index is 898. The van der Waals surface area contributed by atoms with Crippen LogP contribution in [0.15, 0.2) is 36.4 Å². The van der Waals surface area contributed by atoms with Gasteiger partial charge in [0.05, 0.1) is 6.42 Å². The van der Waals surface area contributed by atoms with Gasteiger partial charge in [-0.1, -0.05) is 65.5 Å². The molecule has 4 nitrogen and oxygen atoms in total. The van der Waals surface area contributed by atoms with E-state index in [4.69, 9.17) is 46.4 Å². The zero-order valence-electron chi connectivity index (χ0n) is 17.0. The van der Waals surface area contributed by atoms with Crippen molar-refractivity contribution >= 4 is 58.2 Å². The smallest absolute Gasteiger partial charge is 0.243 e. The standard InChI is InChI=1S/C22H24Cl4N2O2/c1-4-20(22(30)27-13(2)3)28(12-14-8-9-15(23)10-19(14)26)21(29)11-16-17(24)6-5-7-18(16)25/h5-10,13,20H,4,11-12H2,1-3H3,(H,27,30)/t20-/m1/s1. The first-order chi connectivity index (χ1) is 14.1. The third-order valence-electron chi connectivity index (χ3n) is 4.56. The molecule has 2 aromatic carbocycles. The van der Waals surface area contributed by atoms with Crippen LogP contribution in [-0.2, 0) is 22.6 Å². The second-order valence-corrected chi connectivity index (χ2v) is 8.88. The summed E-state index contributed by atoms with van der Waals surface area (Å²) in [6, 6.07) is 9.41. The Kier molecular flexibility index (Phi) is 9.30. The number of hydrogen-bond donors (Lipinski definition) is 1. The minimum absolute atomic E-state index is 0.0326. The Labute approximate surface area is 197 Å². The number of benzene rings is 2. The van der Waals surface area contributed by atoms with Gasteiger partial charge in [0.2, 0.25) is 11.8 Å². The van der Waals surface area contributed by atoms with Gasteiger partial charge in [-0.15, -0.1) is 0 Å². The lowest BCUT2D eigenvalue weighted by Crippen LogP contribution is -2.50. The maximum absolute atomic E-state index is 13.3. The third-order valence-corrected chi connectivity index (χ3v) is 5.86. The predicted octanol–water partition coefficient (Wildman–Crippen LogP) is 6.17. The lowest BCUT2D eigenvalue weighted by atomic mass is 10.1. The van der Waals surface area contributed by atoms with Crippen LogP contribution in [0, 0.1) is 0 Å². The first-order valence-corrected chi connectivity index (χ1v) is 11.1. The van der Waals surface area contributed by atoms with Crippen molar-refractivity contribution in [1.82, 2.24) is 10.2 Å². The van der Waals surface area contributed by atoms with Crippen LogP contribution in [-0.4, -0.2) is 28.8 Å². The minimum atomic E-state index is -0.673. The molecule has 0 unspecified atom stereocenters. The Balaban J connectivity index is 2.40. The van der Waals surface area contributed by atoms with E-state index in [1.54, 1.807) is 36.4 Å². The van der Waals surface area contributed by atoms with E-state index >= 15 is 0 Å². The molecule has 162 valence electrons. The summed E-state index contributed by atoms with van der Waals surface area (Å²) in [4.78, 5) is 27.7. The molecule has 0 fully saturated rings. The fraction of sp³-hybridized carbons (Fsp3) is 0.364. The monoisotopic (exact) mass is 488 g/mol. The van der Waals surface area contributed by atoms with Crippen molar-refractivity contribution in [3.8, 4) is 0 Å². The quantitative estimate of drug-likeness (QED) is 0.481. The minimum Gasteiger partial charge on any atom is -0.352 e. The van der Waals surface area contributed by atoms with Gasteiger partial charge in [0.25, 0.3) is 0 Å². The summed E-state index contributed by atoms with van der Waals surface area (Å²) in [5.74, 6) is -0.502. The zero-order valence-corrected chi connectivity index (χ0v) is 20.0. The first kappa shape index (κ1) is 24.8. The van der Waals surface area contributed by atoms with E-state index in [0.717, 1.165) is 0 Å². The summed E-state index contributed by atoms with van der Waals surface area (Å²) in [5.41, 5.74) is 1.22. The van der Waals surface area contributed by atoms with Crippen molar-refractivity contribution in [3.63, 3.8) is 0 Å². The van der Waals surface area contributed by atoms with Crippen LogP contribution in [0.5, 0.6) is 0 Å². The Hall–Kier alpha value is -1.46. The number of hydrogen-bond acceptors (Lipinski definition) is 2. The van der Waals surface area contributed by atoms with Gasteiger partial charge in [0.15, 0.2) is 0 Å². The number of nitrogens with one attached hydrogen (secondary N) is 1. The molecule has 0 bridgehead atoms. The summed E-state index contributed by atoms with van der Waals surface area (Å²) >= 11 is 24.8. The molecule has 0 aliphatic rings. The summed E-state index contributed by atoms with van der Waals surface area (Å²) < 4.78 is 0. The average Bonchev–Trinajstić information content (AvgIpc) is 2.65. The van der Waals surface area contributed by atoms with Crippen LogP contribution in [0.4, 0.5) is 0 Å². The Morgan fingerprint density at radius 2 is 1.63 bits per heavy atom. The lowest BCUT2D eigenvalue weighted by molar-refractivity contribution is -0.141. The van der Waals surface area contributed by atoms with Crippen LogP contribution >= 0.6 is 46.4 Å². The molecule has 2 amide bonds. The topological polar surface area (TPSA) is 49.4 Å². The molecular weight excluding hydrogens is 466 g/mol. The first-order valence-electron chi connectivity index (χ1n) is 9.60. The van der Waals surface area contributed by atoms with E-state index in [2.05, 4.69) is 5.32 Å². The van der Waals surface area contributed by atoms with Gasteiger partial charge in [-0.2, -0.15) is 0 Å². The summed E-state index contributed by atoms with van der Waals surface area (Å²) in [5, 5.41) is 4.61. The molecule has 1 atom stereocenters. The van der Waals surface area contributed by atoms with Gasteiger partial charge in [-0.05, 0) is 55.7 Å². The number of carbonyl (C=O) groups excluding carboxylic acids is 2. The number of rotatable bonds is 8. The number of nitrogens with zero attached hydrogens (tertiary/aromatic N) is 1. The van der Waals surface area contributed by atoms with Gasteiger partial charge in [0, 0.05) is 32.7 Å². The highest BCUT2D eigenvalue weighted by Gasteiger charge is 2.30. The molecule has 0 saturated heterocycles. The van der Waals surface area contributed by atoms with Crippen molar-refractivity contribution in [1.29, 1.82) is 0 Å². The largest absolute Gasteiger partial charge is 0.352 e. The average molecular weight is 490 g/mol. The Morgan fingerprint density at radius 1 is 1.00 bits per heavy atom. The van der Waals surface area contributed by atoms with Gasteiger partial charge in [-0.25, -0.2) is 0 Å². The molecule has 0 radical (unpaired) electrons. The zero-order chi connectivity index (χ0) is 22.4. The highest BCUT2D eigenvalue weighted by Crippen LogP contribution is 2.27. The van der Waals surface area contributed by atoms with Crippen LogP contribution in [0.25, 0.3) is 0 Å². The van der Waals surface area contributed by atoms with E-state index in [1.807, 2.05) is 20.8 Å². The van der Waals surface area contributed by atoms with Crippen LogP contribution in [0.3, 0.4) is 0 Å². The molecule has 8 heteroatoms.